The van der Waals surface area contributed by atoms with Gasteiger partial charge in [0, 0.05) is 5.56 Å². The summed E-state index contributed by atoms with van der Waals surface area (Å²) in [4.78, 5) is 24.5. The van der Waals surface area contributed by atoms with Gasteiger partial charge in [-0.1, -0.05) is 32.0 Å². The minimum absolute atomic E-state index is 0.218. The average Bonchev–Trinajstić information content (AvgIpc) is 2.57. The molecule has 0 aliphatic heterocycles. The van der Waals surface area contributed by atoms with Crippen LogP contribution in [0, 0.1) is 11.8 Å². The summed E-state index contributed by atoms with van der Waals surface area (Å²) in [5.41, 5.74) is -0.727. The predicted molar refractivity (Wildman–Crippen MR) is 92.3 cm³/mol. The molecule has 0 heterocycles. The molecule has 0 spiro atoms. The zero-order chi connectivity index (χ0) is 17.9. The van der Waals surface area contributed by atoms with Crippen LogP contribution in [0.1, 0.15) is 44.1 Å². The number of ether oxygens (including phenoxy) is 1. The van der Waals surface area contributed by atoms with Crippen LogP contribution in [-0.2, 0) is 9.59 Å². The van der Waals surface area contributed by atoms with E-state index in [-0.39, 0.29) is 5.92 Å². The zero-order valence-corrected chi connectivity index (χ0v) is 15.0. The number of aliphatic carboxylic acids is 1. The molecule has 2 N–H and O–H groups in total. The largest absolute Gasteiger partial charge is 0.496 e. The number of halogens is 1. The molecule has 4 atom stereocenters. The summed E-state index contributed by atoms with van der Waals surface area (Å²) in [5, 5.41) is 11.4. The zero-order valence-electron chi connectivity index (χ0n) is 14.2. The number of hydrogen-bond acceptors (Lipinski definition) is 3. The molecule has 1 aromatic carbocycles. The van der Waals surface area contributed by atoms with Gasteiger partial charge in [-0.2, -0.15) is 0 Å². The highest BCUT2D eigenvalue weighted by Gasteiger charge is 2.46. The number of carbonyl (C=O) groups is 2. The molecule has 1 fully saturated rings. The van der Waals surface area contributed by atoms with Crippen molar-refractivity contribution < 1.29 is 19.4 Å². The van der Waals surface area contributed by atoms with Crippen molar-refractivity contribution in [2.75, 3.05) is 7.11 Å². The SMILES string of the molecule is COc1ccccc1C(Cl)C(=O)NC1(C(=O)O)CCC(C)C(C)C1. The molecule has 0 radical (unpaired) electrons. The molecule has 0 aromatic heterocycles. The Balaban J connectivity index is 2.21. The monoisotopic (exact) mass is 353 g/mol. The molecule has 0 bridgehead atoms. The molecule has 24 heavy (non-hydrogen) atoms. The van der Waals surface area contributed by atoms with Crippen molar-refractivity contribution in [3.05, 3.63) is 29.8 Å². The third kappa shape index (κ3) is 3.66. The number of rotatable bonds is 5. The summed E-state index contributed by atoms with van der Waals surface area (Å²) in [6.07, 6.45) is 1.58. The topological polar surface area (TPSA) is 75.6 Å². The third-order valence-electron chi connectivity index (χ3n) is 5.08. The lowest BCUT2D eigenvalue weighted by atomic mass is 9.71. The van der Waals surface area contributed by atoms with Crippen LogP contribution in [0.4, 0.5) is 0 Å². The van der Waals surface area contributed by atoms with Gasteiger partial charge >= 0.3 is 5.97 Å². The maximum atomic E-state index is 12.6. The van der Waals surface area contributed by atoms with Crippen LogP contribution < -0.4 is 10.1 Å². The van der Waals surface area contributed by atoms with Crippen molar-refractivity contribution in [3.8, 4) is 5.75 Å². The van der Waals surface area contributed by atoms with Crippen molar-refractivity contribution in [2.45, 2.75) is 44.0 Å². The molecule has 1 amide bonds. The van der Waals surface area contributed by atoms with Crippen LogP contribution >= 0.6 is 11.6 Å². The molecule has 1 aliphatic rings. The standard InChI is InChI=1S/C18H24ClNO4/c1-11-8-9-18(17(22)23,10-12(11)2)20-16(21)15(19)13-6-4-5-7-14(13)24-3/h4-7,11-12,15H,8-10H2,1-3H3,(H,20,21)(H,22,23). The van der Waals surface area contributed by atoms with Crippen molar-refractivity contribution in [2.24, 2.45) is 11.8 Å². The van der Waals surface area contributed by atoms with E-state index in [1.54, 1.807) is 24.3 Å². The number of carboxylic acids is 1. The number of carbonyl (C=O) groups excluding carboxylic acids is 1. The molecule has 1 aliphatic carbocycles. The van der Waals surface area contributed by atoms with Crippen LogP contribution in [0.25, 0.3) is 0 Å². The van der Waals surface area contributed by atoms with Gasteiger partial charge in [0.15, 0.2) is 0 Å². The van der Waals surface area contributed by atoms with Gasteiger partial charge in [0.25, 0.3) is 0 Å². The van der Waals surface area contributed by atoms with Crippen LogP contribution in [0.3, 0.4) is 0 Å². The van der Waals surface area contributed by atoms with Gasteiger partial charge in [0.1, 0.15) is 16.7 Å². The highest BCUT2D eigenvalue weighted by molar-refractivity contribution is 6.31. The Bertz CT molecular complexity index is 621. The van der Waals surface area contributed by atoms with Crippen molar-refractivity contribution >= 4 is 23.5 Å². The highest BCUT2D eigenvalue weighted by atomic mass is 35.5. The molecule has 6 heteroatoms. The highest BCUT2D eigenvalue weighted by Crippen LogP contribution is 2.38. The Morgan fingerprint density at radius 2 is 2.00 bits per heavy atom. The molecule has 1 saturated carbocycles. The first kappa shape index (κ1) is 18.6. The smallest absolute Gasteiger partial charge is 0.329 e. The fraction of sp³-hybridized carbons (Fsp3) is 0.556. The quantitative estimate of drug-likeness (QED) is 0.796. The second-order valence-electron chi connectivity index (χ2n) is 6.68. The van der Waals surface area contributed by atoms with E-state index in [2.05, 4.69) is 12.2 Å². The average molecular weight is 354 g/mol. The van der Waals surface area contributed by atoms with E-state index in [1.807, 2.05) is 6.92 Å². The summed E-state index contributed by atoms with van der Waals surface area (Å²) in [6.45, 7) is 4.13. The molecule has 132 valence electrons. The van der Waals surface area contributed by atoms with Crippen LogP contribution in [0.15, 0.2) is 24.3 Å². The summed E-state index contributed by atoms with van der Waals surface area (Å²) in [6, 6.07) is 6.97. The maximum Gasteiger partial charge on any atom is 0.329 e. The number of para-hydroxylation sites is 1. The first-order valence-electron chi connectivity index (χ1n) is 8.13. The normalized spacial score (nSPS) is 28.0. The van der Waals surface area contributed by atoms with E-state index in [0.29, 0.717) is 30.1 Å². The van der Waals surface area contributed by atoms with Crippen LogP contribution in [-0.4, -0.2) is 29.6 Å². The predicted octanol–water partition coefficient (Wildman–Crippen LogP) is 3.37. The lowest BCUT2D eigenvalue weighted by Crippen LogP contribution is -2.58. The molecular formula is C18H24ClNO4. The van der Waals surface area contributed by atoms with E-state index in [1.165, 1.54) is 7.11 Å². The molecule has 2 rings (SSSR count). The molecule has 1 aromatic rings. The van der Waals surface area contributed by atoms with E-state index < -0.39 is 22.8 Å². The van der Waals surface area contributed by atoms with Crippen molar-refractivity contribution in [1.82, 2.24) is 5.32 Å². The number of amides is 1. The van der Waals surface area contributed by atoms with E-state index >= 15 is 0 Å². The second kappa shape index (κ2) is 7.43. The molecule has 0 saturated heterocycles. The number of hydrogen-bond donors (Lipinski definition) is 2. The Kier molecular flexibility index (Phi) is 5.75. The van der Waals surface area contributed by atoms with Gasteiger partial charge in [-0.3, -0.25) is 4.79 Å². The van der Waals surface area contributed by atoms with E-state index in [0.717, 1.165) is 6.42 Å². The Morgan fingerprint density at radius 3 is 2.58 bits per heavy atom. The lowest BCUT2D eigenvalue weighted by molar-refractivity contribution is -0.150. The number of benzene rings is 1. The Morgan fingerprint density at radius 1 is 1.33 bits per heavy atom. The third-order valence-corrected chi connectivity index (χ3v) is 5.52. The summed E-state index contributed by atoms with van der Waals surface area (Å²) in [5.74, 6) is -0.350. The first-order valence-corrected chi connectivity index (χ1v) is 8.57. The summed E-state index contributed by atoms with van der Waals surface area (Å²) < 4.78 is 5.23. The number of carboxylic acid groups (broad SMARTS) is 1. The maximum absolute atomic E-state index is 12.6. The Hall–Kier alpha value is -1.75. The van der Waals surface area contributed by atoms with E-state index in [4.69, 9.17) is 16.3 Å². The molecular weight excluding hydrogens is 330 g/mol. The van der Waals surface area contributed by atoms with Gasteiger partial charge < -0.3 is 15.2 Å². The lowest BCUT2D eigenvalue weighted by Gasteiger charge is -2.40. The number of nitrogens with one attached hydrogen (secondary N) is 1. The van der Waals surface area contributed by atoms with Gasteiger partial charge in [0.2, 0.25) is 5.91 Å². The minimum atomic E-state index is -1.25. The van der Waals surface area contributed by atoms with Crippen LogP contribution in [0.2, 0.25) is 0 Å². The second-order valence-corrected chi connectivity index (χ2v) is 7.11. The van der Waals surface area contributed by atoms with Gasteiger partial charge in [-0.05, 0) is 37.2 Å². The number of methoxy groups -OCH3 is 1. The summed E-state index contributed by atoms with van der Waals surface area (Å²) in [7, 11) is 1.50. The van der Waals surface area contributed by atoms with Crippen molar-refractivity contribution in [3.63, 3.8) is 0 Å². The van der Waals surface area contributed by atoms with E-state index in [9.17, 15) is 14.7 Å². The molecule has 4 unspecified atom stereocenters. The van der Waals surface area contributed by atoms with Crippen LogP contribution in [0.5, 0.6) is 5.75 Å². The van der Waals surface area contributed by atoms with Gasteiger partial charge in [-0.15, -0.1) is 11.6 Å². The fourth-order valence-electron chi connectivity index (χ4n) is 3.29. The number of alkyl halides is 1. The van der Waals surface area contributed by atoms with Gasteiger partial charge in [0.05, 0.1) is 7.11 Å². The van der Waals surface area contributed by atoms with Gasteiger partial charge in [-0.25, -0.2) is 4.79 Å². The molecule has 5 nitrogen and oxygen atoms in total. The Labute approximate surface area is 147 Å². The summed E-state index contributed by atoms with van der Waals surface area (Å²) >= 11 is 6.31. The fourth-order valence-corrected chi connectivity index (χ4v) is 3.52. The minimum Gasteiger partial charge on any atom is -0.496 e. The first-order chi connectivity index (χ1) is 11.3. The van der Waals surface area contributed by atoms with Crippen molar-refractivity contribution in [1.29, 1.82) is 0 Å².